The summed E-state index contributed by atoms with van der Waals surface area (Å²) in [4.78, 5) is 11.0. The lowest BCUT2D eigenvalue weighted by molar-refractivity contribution is 0.100. The van der Waals surface area contributed by atoms with Crippen LogP contribution < -0.4 is 16.8 Å². The van der Waals surface area contributed by atoms with Crippen LogP contribution in [0, 0.1) is 0 Å². The van der Waals surface area contributed by atoms with Crippen LogP contribution in [-0.4, -0.2) is 15.7 Å². The zero-order valence-electron chi connectivity index (χ0n) is 10.1. The van der Waals surface area contributed by atoms with Crippen LogP contribution in [0.1, 0.15) is 16.1 Å². The van der Waals surface area contributed by atoms with Gasteiger partial charge in [0, 0.05) is 18.8 Å². The number of carbonyl (C=O) groups excluding carboxylic acids is 1. The van der Waals surface area contributed by atoms with Crippen LogP contribution in [0.5, 0.6) is 0 Å². The lowest BCUT2D eigenvalue weighted by Crippen LogP contribution is -2.12. The van der Waals surface area contributed by atoms with Gasteiger partial charge in [0.25, 0.3) is 0 Å². The molecule has 0 saturated heterocycles. The van der Waals surface area contributed by atoms with E-state index in [1.54, 1.807) is 29.1 Å². The molecule has 0 fully saturated rings. The maximum atomic E-state index is 11.0. The summed E-state index contributed by atoms with van der Waals surface area (Å²) in [6.07, 6.45) is 1.73. The van der Waals surface area contributed by atoms with Crippen molar-refractivity contribution in [2.75, 3.05) is 11.1 Å². The number of nitrogens with one attached hydrogen (secondary N) is 1. The number of nitrogen functional groups attached to an aromatic ring is 1. The first-order valence-corrected chi connectivity index (χ1v) is 5.48. The van der Waals surface area contributed by atoms with Gasteiger partial charge in [-0.2, -0.15) is 5.10 Å². The van der Waals surface area contributed by atoms with Crippen LogP contribution in [-0.2, 0) is 13.6 Å². The number of nitrogens with two attached hydrogens (primary N) is 2. The summed E-state index contributed by atoms with van der Waals surface area (Å²) < 4.78 is 1.78. The zero-order valence-corrected chi connectivity index (χ0v) is 10.1. The van der Waals surface area contributed by atoms with E-state index in [0.717, 1.165) is 11.4 Å². The smallest absolute Gasteiger partial charge is 0.248 e. The Labute approximate surface area is 105 Å². The summed E-state index contributed by atoms with van der Waals surface area (Å²) >= 11 is 0. The molecule has 0 unspecified atom stereocenters. The molecule has 1 aromatic heterocycles. The van der Waals surface area contributed by atoms with Crippen molar-refractivity contribution >= 4 is 17.3 Å². The molecule has 1 heterocycles. The number of anilines is 2. The second-order valence-electron chi connectivity index (χ2n) is 3.97. The Balaban J connectivity index is 2.11. The molecular formula is C12H15N5O. The van der Waals surface area contributed by atoms with Crippen molar-refractivity contribution in [1.29, 1.82) is 0 Å². The Morgan fingerprint density at radius 1 is 1.44 bits per heavy atom. The Kier molecular flexibility index (Phi) is 3.18. The van der Waals surface area contributed by atoms with Crippen LogP contribution in [0.4, 0.5) is 11.4 Å². The molecule has 0 aliphatic carbocycles. The van der Waals surface area contributed by atoms with Crippen LogP contribution in [0.2, 0.25) is 0 Å². The number of aromatic nitrogens is 2. The number of nitrogens with zero attached hydrogens (tertiary/aromatic N) is 2. The van der Waals surface area contributed by atoms with E-state index in [4.69, 9.17) is 11.5 Å². The SMILES string of the molecule is Cn1nccc1CNc1ccc(C(N)=O)cc1N. The van der Waals surface area contributed by atoms with Crippen LogP contribution >= 0.6 is 0 Å². The van der Waals surface area contributed by atoms with E-state index in [1.165, 1.54) is 0 Å². The Morgan fingerprint density at radius 2 is 2.22 bits per heavy atom. The van der Waals surface area contributed by atoms with Crippen molar-refractivity contribution in [1.82, 2.24) is 9.78 Å². The predicted octanol–water partition coefficient (Wildman–Crippen LogP) is 0.713. The van der Waals surface area contributed by atoms with E-state index in [1.807, 2.05) is 13.1 Å². The average Bonchev–Trinajstić information content (AvgIpc) is 2.73. The molecule has 0 bridgehead atoms. The summed E-state index contributed by atoms with van der Waals surface area (Å²) in [6.45, 7) is 0.608. The first-order chi connectivity index (χ1) is 8.58. The molecule has 18 heavy (non-hydrogen) atoms. The van der Waals surface area contributed by atoms with Gasteiger partial charge in [0.2, 0.25) is 5.91 Å². The molecule has 5 N–H and O–H groups in total. The number of aryl methyl sites for hydroxylation is 1. The fourth-order valence-corrected chi connectivity index (χ4v) is 1.64. The number of benzene rings is 1. The first-order valence-electron chi connectivity index (χ1n) is 5.48. The van der Waals surface area contributed by atoms with Crippen molar-refractivity contribution < 1.29 is 4.79 Å². The van der Waals surface area contributed by atoms with Crippen molar-refractivity contribution in [2.45, 2.75) is 6.54 Å². The summed E-state index contributed by atoms with van der Waals surface area (Å²) in [5, 5.41) is 7.26. The lowest BCUT2D eigenvalue weighted by Gasteiger charge is -2.10. The minimum atomic E-state index is -0.486. The van der Waals surface area contributed by atoms with Gasteiger partial charge in [-0.3, -0.25) is 9.48 Å². The molecule has 0 spiro atoms. The lowest BCUT2D eigenvalue weighted by atomic mass is 10.1. The van der Waals surface area contributed by atoms with Gasteiger partial charge >= 0.3 is 0 Å². The van der Waals surface area contributed by atoms with Gasteiger partial charge < -0.3 is 16.8 Å². The number of hydrogen-bond donors (Lipinski definition) is 3. The largest absolute Gasteiger partial charge is 0.397 e. The molecule has 0 saturated carbocycles. The topological polar surface area (TPSA) is 99.0 Å². The standard InChI is InChI=1S/C12H15N5O/c1-17-9(4-5-16-17)7-15-11-3-2-8(12(14)18)6-10(11)13/h2-6,15H,7,13H2,1H3,(H2,14,18). The van der Waals surface area contributed by atoms with Crippen molar-refractivity contribution in [3.63, 3.8) is 0 Å². The fraction of sp³-hybridized carbons (Fsp3) is 0.167. The third-order valence-corrected chi connectivity index (χ3v) is 2.72. The minimum Gasteiger partial charge on any atom is -0.397 e. The normalized spacial score (nSPS) is 10.3. The van der Waals surface area contributed by atoms with E-state index >= 15 is 0 Å². The predicted molar refractivity (Wildman–Crippen MR) is 69.9 cm³/mol. The average molecular weight is 245 g/mol. The van der Waals surface area contributed by atoms with Gasteiger partial charge in [0.1, 0.15) is 0 Å². The monoisotopic (exact) mass is 245 g/mol. The maximum absolute atomic E-state index is 11.0. The molecule has 6 heteroatoms. The van der Waals surface area contributed by atoms with E-state index in [0.29, 0.717) is 17.8 Å². The van der Waals surface area contributed by atoms with Crippen molar-refractivity contribution in [3.05, 3.63) is 41.7 Å². The molecule has 94 valence electrons. The van der Waals surface area contributed by atoms with Gasteiger partial charge in [-0.05, 0) is 24.3 Å². The summed E-state index contributed by atoms with van der Waals surface area (Å²) in [5.41, 5.74) is 13.7. The third kappa shape index (κ3) is 2.42. The minimum absolute atomic E-state index is 0.401. The van der Waals surface area contributed by atoms with Crippen LogP contribution in [0.25, 0.3) is 0 Å². The van der Waals surface area contributed by atoms with Crippen molar-refractivity contribution in [2.24, 2.45) is 12.8 Å². The van der Waals surface area contributed by atoms with Gasteiger partial charge in [-0.1, -0.05) is 0 Å². The first kappa shape index (κ1) is 12.0. The molecule has 2 rings (SSSR count). The van der Waals surface area contributed by atoms with Gasteiger partial charge in [-0.25, -0.2) is 0 Å². The molecule has 0 atom stereocenters. The van der Waals surface area contributed by atoms with E-state index < -0.39 is 5.91 Å². The maximum Gasteiger partial charge on any atom is 0.248 e. The molecular weight excluding hydrogens is 230 g/mol. The molecule has 6 nitrogen and oxygen atoms in total. The number of hydrogen-bond acceptors (Lipinski definition) is 4. The Hall–Kier alpha value is -2.50. The zero-order chi connectivity index (χ0) is 13.1. The summed E-state index contributed by atoms with van der Waals surface area (Å²) in [6, 6.07) is 6.87. The Bertz CT molecular complexity index is 576. The molecule has 1 aromatic carbocycles. The molecule has 0 radical (unpaired) electrons. The Morgan fingerprint density at radius 3 is 2.78 bits per heavy atom. The number of amides is 1. The highest BCUT2D eigenvalue weighted by Crippen LogP contribution is 2.20. The van der Waals surface area contributed by atoms with Crippen LogP contribution in [0.3, 0.4) is 0 Å². The number of primary amides is 1. The van der Waals surface area contributed by atoms with E-state index in [-0.39, 0.29) is 0 Å². The highest BCUT2D eigenvalue weighted by molar-refractivity contribution is 5.94. The summed E-state index contributed by atoms with van der Waals surface area (Å²) in [5.74, 6) is -0.486. The molecule has 2 aromatic rings. The molecule has 0 aliphatic heterocycles. The molecule has 0 aliphatic rings. The van der Waals surface area contributed by atoms with Crippen molar-refractivity contribution in [3.8, 4) is 0 Å². The van der Waals surface area contributed by atoms with Gasteiger partial charge in [0.05, 0.1) is 23.6 Å². The number of carbonyl (C=O) groups is 1. The summed E-state index contributed by atoms with van der Waals surface area (Å²) in [7, 11) is 1.87. The van der Waals surface area contributed by atoms with Gasteiger partial charge in [-0.15, -0.1) is 0 Å². The highest BCUT2D eigenvalue weighted by atomic mass is 16.1. The second-order valence-corrected chi connectivity index (χ2v) is 3.97. The quantitative estimate of drug-likeness (QED) is 0.691. The number of rotatable bonds is 4. The highest BCUT2D eigenvalue weighted by Gasteiger charge is 2.05. The third-order valence-electron chi connectivity index (χ3n) is 2.72. The van der Waals surface area contributed by atoms with Gasteiger partial charge in [0.15, 0.2) is 0 Å². The van der Waals surface area contributed by atoms with E-state index in [2.05, 4.69) is 10.4 Å². The second kappa shape index (κ2) is 4.79. The fourth-order valence-electron chi connectivity index (χ4n) is 1.64. The molecule has 1 amide bonds. The van der Waals surface area contributed by atoms with Crippen LogP contribution in [0.15, 0.2) is 30.5 Å². The van der Waals surface area contributed by atoms with E-state index in [9.17, 15) is 4.79 Å².